The molecule has 0 unspecified atom stereocenters. The monoisotopic (exact) mass is 195 g/mol. The summed E-state index contributed by atoms with van der Waals surface area (Å²) < 4.78 is 0. The third-order valence-electron chi connectivity index (χ3n) is 2.53. The van der Waals surface area contributed by atoms with Gasteiger partial charge in [-0.05, 0) is 12.8 Å². The van der Waals surface area contributed by atoms with Gasteiger partial charge in [0, 0.05) is 12.8 Å². The second-order valence-electron chi connectivity index (χ2n) is 3.74. The standard InChI is InChI=1S/C9H14N4O/c14-9-6-13(7-10-9)12-11-8-4-2-1-3-5-8/h1-7H2/p+1. The number of amides is 1. The van der Waals surface area contributed by atoms with Crippen molar-refractivity contribution in [3.8, 4) is 0 Å². The van der Waals surface area contributed by atoms with Crippen LogP contribution in [0.1, 0.15) is 32.1 Å². The molecule has 0 aromatic carbocycles. The molecule has 0 aromatic rings. The van der Waals surface area contributed by atoms with E-state index in [9.17, 15) is 4.79 Å². The van der Waals surface area contributed by atoms with Crippen molar-refractivity contribution in [3.05, 3.63) is 0 Å². The molecule has 0 radical (unpaired) electrons. The van der Waals surface area contributed by atoms with Gasteiger partial charge in [0.15, 0.2) is 18.4 Å². The molecule has 1 aliphatic carbocycles. The predicted molar refractivity (Wildman–Crippen MR) is 50.5 cm³/mol. The predicted octanol–water partition coefficient (Wildman–Crippen LogP) is 0.356. The minimum Gasteiger partial charge on any atom is -0.315 e. The van der Waals surface area contributed by atoms with Crippen LogP contribution in [0.25, 0.3) is 0 Å². The molecule has 14 heavy (non-hydrogen) atoms. The molecule has 1 N–H and O–H groups in total. The van der Waals surface area contributed by atoms with E-state index in [-0.39, 0.29) is 5.91 Å². The highest BCUT2D eigenvalue weighted by Gasteiger charge is 2.23. The first-order chi connectivity index (χ1) is 6.84. The summed E-state index contributed by atoms with van der Waals surface area (Å²) >= 11 is 0. The van der Waals surface area contributed by atoms with Crippen LogP contribution < -0.4 is 5.32 Å². The van der Waals surface area contributed by atoms with E-state index in [0.717, 1.165) is 12.8 Å². The van der Waals surface area contributed by atoms with Gasteiger partial charge in [0.05, 0.1) is 0 Å². The normalized spacial score (nSPS) is 21.9. The van der Waals surface area contributed by atoms with Crippen LogP contribution in [0.4, 0.5) is 0 Å². The van der Waals surface area contributed by atoms with Crippen molar-refractivity contribution in [2.45, 2.75) is 32.1 Å². The van der Waals surface area contributed by atoms with Gasteiger partial charge in [-0.1, -0.05) is 11.2 Å². The van der Waals surface area contributed by atoms with Crippen molar-refractivity contribution in [1.82, 2.24) is 10.3 Å². The van der Waals surface area contributed by atoms with E-state index in [2.05, 4.69) is 15.3 Å². The Morgan fingerprint density at radius 2 is 2.07 bits per heavy atom. The molecule has 0 bridgehead atoms. The van der Waals surface area contributed by atoms with E-state index in [1.807, 2.05) is 0 Å². The second-order valence-corrected chi connectivity index (χ2v) is 3.74. The van der Waals surface area contributed by atoms with E-state index in [4.69, 9.17) is 0 Å². The third kappa shape index (κ3) is 2.33. The zero-order valence-corrected chi connectivity index (χ0v) is 8.20. The molecule has 0 aromatic heterocycles. The van der Waals surface area contributed by atoms with E-state index >= 15 is 0 Å². The summed E-state index contributed by atoms with van der Waals surface area (Å²) in [5.74, 6) is 0.0256. The molecule has 1 saturated heterocycles. The van der Waals surface area contributed by atoms with E-state index < -0.39 is 0 Å². The van der Waals surface area contributed by atoms with Gasteiger partial charge in [0.25, 0.3) is 5.91 Å². The highest BCUT2D eigenvalue weighted by Crippen LogP contribution is 2.12. The summed E-state index contributed by atoms with van der Waals surface area (Å²) in [6.07, 6.45) is 5.90. The van der Waals surface area contributed by atoms with Gasteiger partial charge in [-0.25, -0.2) is 0 Å². The maximum Gasteiger partial charge on any atom is 0.267 e. The summed E-state index contributed by atoms with van der Waals surface area (Å²) in [4.78, 5) is 15.0. The molecule has 2 fully saturated rings. The Kier molecular flexibility index (Phi) is 2.79. The minimum atomic E-state index is 0.0256. The maximum atomic E-state index is 10.8. The highest BCUT2D eigenvalue weighted by molar-refractivity contribution is 5.80. The highest BCUT2D eigenvalue weighted by atomic mass is 16.2. The number of carbonyl (C=O) groups is 1. The molecule has 1 heterocycles. The Morgan fingerprint density at radius 3 is 2.71 bits per heavy atom. The van der Waals surface area contributed by atoms with Crippen molar-refractivity contribution in [2.75, 3.05) is 13.2 Å². The summed E-state index contributed by atoms with van der Waals surface area (Å²) in [6, 6.07) is 0. The summed E-state index contributed by atoms with van der Waals surface area (Å²) in [5, 5.41) is 8.37. The van der Waals surface area contributed by atoms with Crippen LogP contribution in [0, 0.1) is 0 Å². The Labute approximate surface area is 82.9 Å². The second kappa shape index (κ2) is 4.24. The van der Waals surface area contributed by atoms with Gasteiger partial charge in [0.2, 0.25) is 5.71 Å². The van der Waals surface area contributed by atoms with Crippen molar-refractivity contribution in [3.63, 3.8) is 0 Å². The van der Waals surface area contributed by atoms with Crippen LogP contribution >= 0.6 is 0 Å². The Hall–Kier alpha value is -1.35. The lowest BCUT2D eigenvalue weighted by Gasteiger charge is -2.04. The summed E-state index contributed by atoms with van der Waals surface area (Å²) in [6.45, 7) is 0.840. The molecule has 0 spiro atoms. The zero-order chi connectivity index (χ0) is 9.80. The molecular weight excluding hydrogens is 180 g/mol. The number of hydrogen-bond acceptors (Lipinski definition) is 2. The molecule has 76 valence electrons. The molecule has 2 aliphatic rings. The zero-order valence-electron chi connectivity index (χ0n) is 8.20. The summed E-state index contributed by atoms with van der Waals surface area (Å²) in [7, 11) is 0. The van der Waals surface area contributed by atoms with Gasteiger partial charge < -0.3 is 5.32 Å². The van der Waals surface area contributed by atoms with Crippen LogP contribution in [0.3, 0.4) is 0 Å². The molecule has 2 rings (SSSR count). The first kappa shape index (κ1) is 9.21. The van der Waals surface area contributed by atoms with Crippen molar-refractivity contribution in [1.29, 1.82) is 0 Å². The largest absolute Gasteiger partial charge is 0.315 e. The fourth-order valence-corrected chi connectivity index (χ4v) is 1.71. The van der Waals surface area contributed by atoms with Gasteiger partial charge in [-0.3, -0.25) is 4.79 Å². The lowest BCUT2D eigenvalue weighted by molar-refractivity contribution is -0.145. The lowest BCUT2D eigenvalue weighted by atomic mass is 9.99. The quantitative estimate of drug-likeness (QED) is 0.485. The Morgan fingerprint density at radius 1 is 1.29 bits per heavy atom. The van der Waals surface area contributed by atoms with Crippen LogP contribution in [0.5, 0.6) is 0 Å². The SMILES string of the molecule is O=C1CN(N=[N+]=C2CCCCC2)CN1. The van der Waals surface area contributed by atoms with E-state index in [1.54, 1.807) is 5.01 Å². The molecule has 0 atom stereocenters. The van der Waals surface area contributed by atoms with Crippen LogP contribution in [-0.4, -0.2) is 34.6 Å². The minimum absolute atomic E-state index is 0.0256. The van der Waals surface area contributed by atoms with Crippen molar-refractivity contribution in [2.24, 2.45) is 5.22 Å². The van der Waals surface area contributed by atoms with Crippen LogP contribution in [0.2, 0.25) is 0 Å². The van der Waals surface area contributed by atoms with E-state index in [1.165, 1.54) is 25.0 Å². The van der Waals surface area contributed by atoms with E-state index in [0.29, 0.717) is 13.2 Å². The molecular formula is C9H15N4O+. The smallest absolute Gasteiger partial charge is 0.267 e. The summed E-state index contributed by atoms with van der Waals surface area (Å²) in [5.41, 5.74) is 1.18. The topological polar surface area (TPSA) is 58.8 Å². The number of hydrogen-bond donors (Lipinski definition) is 1. The number of carbonyl (C=O) groups excluding carboxylic acids is 1. The molecule has 5 heteroatoms. The molecule has 1 saturated carbocycles. The molecule has 5 nitrogen and oxygen atoms in total. The average Bonchev–Trinajstić information content (AvgIpc) is 2.63. The van der Waals surface area contributed by atoms with Crippen LogP contribution in [0.15, 0.2) is 5.22 Å². The Balaban J connectivity index is 1.93. The van der Waals surface area contributed by atoms with Crippen LogP contribution in [-0.2, 0) is 4.79 Å². The molecule has 1 amide bonds. The lowest BCUT2D eigenvalue weighted by Crippen LogP contribution is -2.16. The number of nitrogens with one attached hydrogen (secondary N) is 1. The maximum absolute atomic E-state index is 10.8. The fraction of sp³-hybridized carbons (Fsp3) is 0.778. The molecule has 1 aliphatic heterocycles. The van der Waals surface area contributed by atoms with Gasteiger partial charge in [-0.2, -0.15) is 0 Å². The van der Waals surface area contributed by atoms with Gasteiger partial charge in [0.1, 0.15) is 0 Å². The van der Waals surface area contributed by atoms with Crippen molar-refractivity contribution >= 4 is 11.6 Å². The first-order valence-electron chi connectivity index (χ1n) is 5.12. The average molecular weight is 195 g/mol. The Bertz CT molecular complexity index is 285. The number of rotatable bonds is 1. The fourth-order valence-electron chi connectivity index (χ4n) is 1.71. The van der Waals surface area contributed by atoms with Gasteiger partial charge >= 0.3 is 0 Å². The van der Waals surface area contributed by atoms with Crippen molar-refractivity contribution < 1.29 is 9.58 Å². The van der Waals surface area contributed by atoms with Gasteiger partial charge in [-0.15, -0.1) is 5.01 Å². The first-order valence-corrected chi connectivity index (χ1v) is 5.12. The third-order valence-corrected chi connectivity index (χ3v) is 2.53. The number of nitrogens with zero attached hydrogens (tertiary/aromatic N) is 3.